The van der Waals surface area contributed by atoms with Crippen molar-refractivity contribution in [1.82, 2.24) is 0 Å². The lowest BCUT2D eigenvalue weighted by atomic mass is 9.83. The lowest BCUT2D eigenvalue weighted by Crippen LogP contribution is -2.15. The molecule has 64 valence electrons. The zero-order valence-corrected chi connectivity index (χ0v) is 8.09. The van der Waals surface area contributed by atoms with Gasteiger partial charge in [0.25, 0.3) is 0 Å². The van der Waals surface area contributed by atoms with E-state index in [0.717, 1.165) is 12.8 Å². The van der Waals surface area contributed by atoms with E-state index >= 15 is 0 Å². The maximum Gasteiger partial charge on any atom is 0.0658 e. The normalized spacial score (nSPS) is 16.0. The summed E-state index contributed by atoms with van der Waals surface area (Å²) in [6.45, 7) is 8.68. The monoisotopic (exact) mass is 153 g/mol. The van der Waals surface area contributed by atoms with Gasteiger partial charge >= 0.3 is 0 Å². The molecular formula is C10H19N. The molecule has 0 bridgehead atoms. The third-order valence-corrected chi connectivity index (χ3v) is 2.45. The molecule has 11 heavy (non-hydrogen) atoms. The first-order chi connectivity index (χ1) is 5.13. The van der Waals surface area contributed by atoms with Crippen LogP contribution in [0.4, 0.5) is 0 Å². The van der Waals surface area contributed by atoms with Gasteiger partial charge in [-0.05, 0) is 18.3 Å². The second-order valence-electron chi connectivity index (χ2n) is 3.63. The largest absolute Gasteiger partial charge is 0.198 e. The molecule has 0 aromatic heterocycles. The summed E-state index contributed by atoms with van der Waals surface area (Å²) >= 11 is 0. The van der Waals surface area contributed by atoms with E-state index in [2.05, 4.69) is 33.8 Å². The average molecular weight is 153 g/mol. The van der Waals surface area contributed by atoms with Crippen LogP contribution in [0.15, 0.2) is 0 Å². The highest BCUT2D eigenvalue weighted by molar-refractivity contribution is 4.86. The summed E-state index contributed by atoms with van der Waals surface area (Å²) in [5.41, 5.74) is 0. The third kappa shape index (κ3) is 3.41. The van der Waals surface area contributed by atoms with Crippen molar-refractivity contribution < 1.29 is 0 Å². The van der Waals surface area contributed by atoms with Crippen LogP contribution in [0.5, 0.6) is 0 Å². The van der Waals surface area contributed by atoms with Crippen LogP contribution in [0.1, 0.15) is 40.5 Å². The molecule has 0 radical (unpaired) electrons. The Morgan fingerprint density at radius 1 is 1.27 bits per heavy atom. The zero-order valence-electron chi connectivity index (χ0n) is 8.09. The quantitative estimate of drug-likeness (QED) is 0.608. The maximum absolute atomic E-state index is 8.83. The van der Waals surface area contributed by atoms with E-state index in [-0.39, 0.29) is 5.92 Å². The molecule has 0 aliphatic heterocycles. The van der Waals surface area contributed by atoms with Crippen molar-refractivity contribution in [3.63, 3.8) is 0 Å². The summed E-state index contributed by atoms with van der Waals surface area (Å²) in [6, 6.07) is 2.38. The fourth-order valence-electron chi connectivity index (χ4n) is 1.22. The number of hydrogen-bond acceptors (Lipinski definition) is 1. The van der Waals surface area contributed by atoms with Crippen LogP contribution in [0.25, 0.3) is 0 Å². The summed E-state index contributed by atoms with van der Waals surface area (Å²) in [4.78, 5) is 0. The highest BCUT2D eigenvalue weighted by Gasteiger charge is 2.18. The first kappa shape index (κ1) is 10.5. The van der Waals surface area contributed by atoms with E-state index in [9.17, 15) is 0 Å². The number of nitrogens with zero attached hydrogens (tertiary/aromatic N) is 1. The molecule has 1 nitrogen and oxygen atoms in total. The molecule has 2 atom stereocenters. The van der Waals surface area contributed by atoms with Gasteiger partial charge in [0.05, 0.1) is 6.07 Å². The summed E-state index contributed by atoms with van der Waals surface area (Å²) in [5.74, 6) is 1.44. The Balaban J connectivity index is 3.94. The second kappa shape index (κ2) is 5.18. The van der Waals surface area contributed by atoms with Gasteiger partial charge in [-0.1, -0.05) is 34.1 Å². The van der Waals surface area contributed by atoms with Crippen LogP contribution < -0.4 is 0 Å². The summed E-state index contributed by atoms with van der Waals surface area (Å²) in [6.07, 6.45) is 2.17. The van der Waals surface area contributed by atoms with E-state index in [1.807, 2.05) is 0 Å². The Labute approximate surface area is 70.4 Å². The fourth-order valence-corrected chi connectivity index (χ4v) is 1.22. The smallest absolute Gasteiger partial charge is 0.0658 e. The van der Waals surface area contributed by atoms with Gasteiger partial charge in [-0.15, -0.1) is 0 Å². The summed E-state index contributed by atoms with van der Waals surface area (Å²) in [7, 11) is 0. The highest BCUT2D eigenvalue weighted by Crippen LogP contribution is 2.23. The predicted molar refractivity (Wildman–Crippen MR) is 48.0 cm³/mol. The van der Waals surface area contributed by atoms with Crippen LogP contribution >= 0.6 is 0 Å². The molecule has 0 amide bonds. The van der Waals surface area contributed by atoms with Crippen LogP contribution in [-0.2, 0) is 0 Å². The van der Waals surface area contributed by atoms with Crippen molar-refractivity contribution in [3.8, 4) is 6.07 Å². The topological polar surface area (TPSA) is 23.8 Å². The Morgan fingerprint density at radius 2 is 1.82 bits per heavy atom. The van der Waals surface area contributed by atoms with E-state index in [0.29, 0.717) is 11.8 Å². The Kier molecular flexibility index (Phi) is 4.94. The maximum atomic E-state index is 8.83. The number of nitriles is 1. The molecule has 1 heteroatoms. The van der Waals surface area contributed by atoms with Crippen LogP contribution in [0, 0.1) is 29.1 Å². The van der Waals surface area contributed by atoms with Gasteiger partial charge in [-0.25, -0.2) is 0 Å². The molecule has 0 aromatic rings. The van der Waals surface area contributed by atoms with Crippen molar-refractivity contribution in [3.05, 3.63) is 0 Å². The van der Waals surface area contributed by atoms with Gasteiger partial charge in [0.15, 0.2) is 0 Å². The van der Waals surface area contributed by atoms with Gasteiger partial charge in [-0.3, -0.25) is 0 Å². The van der Waals surface area contributed by atoms with Crippen molar-refractivity contribution in [2.45, 2.75) is 40.5 Å². The van der Waals surface area contributed by atoms with Crippen molar-refractivity contribution in [1.29, 1.82) is 5.26 Å². The molecule has 0 saturated heterocycles. The molecule has 0 aliphatic rings. The molecule has 0 rings (SSSR count). The Bertz CT molecular complexity index is 132. The lowest BCUT2D eigenvalue weighted by molar-refractivity contribution is 0.315. The molecule has 2 unspecified atom stereocenters. The first-order valence-corrected chi connectivity index (χ1v) is 4.53. The van der Waals surface area contributed by atoms with Crippen molar-refractivity contribution >= 4 is 0 Å². The van der Waals surface area contributed by atoms with Gasteiger partial charge in [-0.2, -0.15) is 5.26 Å². The van der Waals surface area contributed by atoms with Gasteiger partial charge in [0, 0.05) is 5.92 Å². The fraction of sp³-hybridized carbons (Fsp3) is 0.900. The van der Waals surface area contributed by atoms with Crippen LogP contribution in [0.2, 0.25) is 0 Å². The van der Waals surface area contributed by atoms with E-state index in [1.165, 1.54) is 0 Å². The SMILES string of the molecule is CCCC(C#N)C(C)C(C)C. The minimum atomic E-state index is 0.264. The molecule has 0 spiro atoms. The number of rotatable bonds is 4. The van der Waals surface area contributed by atoms with Gasteiger partial charge in [0.1, 0.15) is 0 Å². The Morgan fingerprint density at radius 3 is 2.09 bits per heavy atom. The summed E-state index contributed by atoms with van der Waals surface area (Å²) < 4.78 is 0. The zero-order chi connectivity index (χ0) is 8.85. The van der Waals surface area contributed by atoms with E-state index in [1.54, 1.807) is 0 Å². The average Bonchev–Trinajstić information content (AvgIpc) is 1.98. The third-order valence-electron chi connectivity index (χ3n) is 2.45. The van der Waals surface area contributed by atoms with Crippen molar-refractivity contribution in [2.24, 2.45) is 17.8 Å². The molecule has 0 N–H and O–H groups in total. The predicted octanol–water partition coefficient (Wildman–Crippen LogP) is 3.22. The lowest BCUT2D eigenvalue weighted by Gasteiger charge is -2.20. The van der Waals surface area contributed by atoms with E-state index in [4.69, 9.17) is 5.26 Å². The Hall–Kier alpha value is -0.510. The molecule has 0 heterocycles. The first-order valence-electron chi connectivity index (χ1n) is 4.53. The minimum Gasteiger partial charge on any atom is -0.198 e. The van der Waals surface area contributed by atoms with Gasteiger partial charge in [0.2, 0.25) is 0 Å². The van der Waals surface area contributed by atoms with Crippen LogP contribution in [0.3, 0.4) is 0 Å². The minimum absolute atomic E-state index is 0.264. The standard InChI is InChI=1S/C10H19N/c1-5-6-10(7-11)9(4)8(2)3/h8-10H,5-6H2,1-4H3. The number of hydrogen-bond donors (Lipinski definition) is 0. The molecule has 0 aromatic carbocycles. The molecule has 0 fully saturated rings. The highest BCUT2D eigenvalue weighted by atomic mass is 14.3. The molecule has 0 saturated carbocycles. The molecule has 0 aliphatic carbocycles. The second-order valence-corrected chi connectivity index (χ2v) is 3.63. The van der Waals surface area contributed by atoms with Crippen LogP contribution in [-0.4, -0.2) is 0 Å². The molecular weight excluding hydrogens is 134 g/mol. The van der Waals surface area contributed by atoms with Crippen molar-refractivity contribution in [2.75, 3.05) is 0 Å². The van der Waals surface area contributed by atoms with Gasteiger partial charge < -0.3 is 0 Å². The van der Waals surface area contributed by atoms with E-state index < -0.39 is 0 Å². The summed E-state index contributed by atoms with van der Waals surface area (Å²) in [5, 5.41) is 8.83.